The SMILES string of the molecule is CC(C)N(CCN)C(=O)c1ccc(Cl)cc1. The van der Waals surface area contributed by atoms with Gasteiger partial charge in [0.25, 0.3) is 5.91 Å². The first-order valence-corrected chi connectivity index (χ1v) is 5.70. The highest BCUT2D eigenvalue weighted by atomic mass is 35.5. The van der Waals surface area contributed by atoms with Crippen LogP contribution in [0.3, 0.4) is 0 Å². The Labute approximate surface area is 101 Å². The molecule has 1 rings (SSSR count). The number of hydrogen-bond acceptors (Lipinski definition) is 2. The predicted octanol–water partition coefficient (Wildman–Crippen LogP) is 2.15. The number of carbonyl (C=O) groups is 1. The van der Waals surface area contributed by atoms with Gasteiger partial charge in [-0.2, -0.15) is 0 Å². The van der Waals surface area contributed by atoms with E-state index in [1.54, 1.807) is 29.2 Å². The number of benzene rings is 1. The number of nitrogens with zero attached hydrogens (tertiary/aromatic N) is 1. The predicted molar refractivity (Wildman–Crippen MR) is 66.7 cm³/mol. The summed E-state index contributed by atoms with van der Waals surface area (Å²) in [5, 5.41) is 0.631. The molecule has 0 aliphatic heterocycles. The normalized spacial score (nSPS) is 10.6. The highest BCUT2D eigenvalue weighted by Gasteiger charge is 2.17. The Kier molecular flexibility index (Phi) is 4.77. The Morgan fingerprint density at radius 3 is 2.38 bits per heavy atom. The van der Waals surface area contributed by atoms with Crippen LogP contribution in [-0.2, 0) is 0 Å². The Morgan fingerprint density at radius 2 is 1.94 bits per heavy atom. The highest BCUT2D eigenvalue weighted by Crippen LogP contribution is 2.12. The fraction of sp³-hybridized carbons (Fsp3) is 0.417. The van der Waals surface area contributed by atoms with Crippen molar-refractivity contribution in [3.05, 3.63) is 34.9 Å². The van der Waals surface area contributed by atoms with Crippen molar-refractivity contribution in [1.82, 2.24) is 4.90 Å². The maximum Gasteiger partial charge on any atom is 0.254 e. The van der Waals surface area contributed by atoms with Crippen LogP contribution in [0, 0.1) is 0 Å². The molecule has 0 fully saturated rings. The fourth-order valence-corrected chi connectivity index (χ4v) is 1.62. The topological polar surface area (TPSA) is 46.3 Å². The van der Waals surface area contributed by atoms with Gasteiger partial charge >= 0.3 is 0 Å². The lowest BCUT2D eigenvalue weighted by molar-refractivity contribution is 0.0712. The summed E-state index contributed by atoms with van der Waals surface area (Å²) in [5.74, 6) is -0.00267. The molecule has 0 aliphatic carbocycles. The minimum atomic E-state index is -0.00267. The lowest BCUT2D eigenvalue weighted by Gasteiger charge is -2.26. The first kappa shape index (κ1) is 13.0. The van der Waals surface area contributed by atoms with Crippen molar-refractivity contribution in [2.45, 2.75) is 19.9 Å². The van der Waals surface area contributed by atoms with Crippen molar-refractivity contribution >= 4 is 17.5 Å². The summed E-state index contributed by atoms with van der Waals surface area (Å²) in [6, 6.07) is 7.05. The molecule has 0 radical (unpaired) electrons. The summed E-state index contributed by atoms with van der Waals surface area (Å²) < 4.78 is 0. The average Bonchev–Trinajstić information content (AvgIpc) is 2.25. The molecule has 4 heteroatoms. The lowest BCUT2D eigenvalue weighted by Crippen LogP contribution is -2.40. The van der Waals surface area contributed by atoms with Crippen molar-refractivity contribution < 1.29 is 4.79 Å². The summed E-state index contributed by atoms with van der Waals surface area (Å²) in [4.78, 5) is 13.9. The molecule has 0 unspecified atom stereocenters. The quantitative estimate of drug-likeness (QED) is 0.877. The van der Waals surface area contributed by atoms with Gasteiger partial charge in [-0.3, -0.25) is 4.79 Å². The van der Waals surface area contributed by atoms with Crippen LogP contribution in [0.1, 0.15) is 24.2 Å². The Balaban J connectivity index is 2.86. The molecule has 0 aliphatic rings. The Morgan fingerprint density at radius 1 is 1.38 bits per heavy atom. The van der Waals surface area contributed by atoms with Crippen LogP contribution in [-0.4, -0.2) is 29.9 Å². The standard InChI is InChI=1S/C12H17ClN2O/c1-9(2)15(8-7-14)12(16)10-3-5-11(13)6-4-10/h3-6,9H,7-8,14H2,1-2H3. The maximum absolute atomic E-state index is 12.1. The second kappa shape index (κ2) is 5.87. The minimum Gasteiger partial charge on any atom is -0.335 e. The number of carbonyl (C=O) groups excluding carboxylic acids is 1. The second-order valence-electron chi connectivity index (χ2n) is 3.89. The van der Waals surface area contributed by atoms with E-state index in [1.165, 1.54) is 0 Å². The van der Waals surface area contributed by atoms with Gasteiger partial charge in [-0.05, 0) is 38.1 Å². The third kappa shape index (κ3) is 3.22. The van der Waals surface area contributed by atoms with Gasteiger partial charge in [0.2, 0.25) is 0 Å². The number of nitrogens with two attached hydrogens (primary N) is 1. The van der Waals surface area contributed by atoms with Crippen LogP contribution < -0.4 is 5.73 Å². The molecule has 1 aromatic rings. The largest absolute Gasteiger partial charge is 0.335 e. The second-order valence-corrected chi connectivity index (χ2v) is 4.32. The van der Waals surface area contributed by atoms with Crippen LogP contribution in [0.15, 0.2) is 24.3 Å². The molecule has 88 valence electrons. The highest BCUT2D eigenvalue weighted by molar-refractivity contribution is 6.30. The minimum absolute atomic E-state index is 0.00267. The van der Waals surface area contributed by atoms with Gasteiger partial charge in [-0.15, -0.1) is 0 Å². The third-order valence-corrected chi connectivity index (χ3v) is 2.60. The summed E-state index contributed by atoms with van der Waals surface area (Å²) in [5.41, 5.74) is 6.14. The van der Waals surface area contributed by atoms with Crippen LogP contribution in [0.5, 0.6) is 0 Å². The Bertz CT molecular complexity index is 349. The molecule has 3 nitrogen and oxygen atoms in total. The van der Waals surface area contributed by atoms with Crippen molar-refractivity contribution in [2.75, 3.05) is 13.1 Å². The van der Waals surface area contributed by atoms with E-state index in [0.717, 1.165) is 0 Å². The molecule has 0 atom stereocenters. The van der Waals surface area contributed by atoms with Crippen LogP contribution >= 0.6 is 11.6 Å². The van der Waals surface area contributed by atoms with Crippen LogP contribution in [0.4, 0.5) is 0 Å². The third-order valence-electron chi connectivity index (χ3n) is 2.35. The van der Waals surface area contributed by atoms with Gasteiger partial charge < -0.3 is 10.6 Å². The molecule has 1 aromatic carbocycles. The van der Waals surface area contributed by atoms with E-state index in [4.69, 9.17) is 17.3 Å². The van der Waals surface area contributed by atoms with Gasteiger partial charge in [0, 0.05) is 29.7 Å². The molecule has 0 saturated heterocycles. The monoisotopic (exact) mass is 240 g/mol. The zero-order valence-corrected chi connectivity index (χ0v) is 10.4. The average molecular weight is 241 g/mol. The van der Waals surface area contributed by atoms with Crippen molar-refractivity contribution in [3.63, 3.8) is 0 Å². The van der Waals surface area contributed by atoms with Crippen molar-refractivity contribution in [3.8, 4) is 0 Å². The van der Waals surface area contributed by atoms with Crippen LogP contribution in [0.25, 0.3) is 0 Å². The molecule has 1 amide bonds. The summed E-state index contributed by atoms with van der Waals surface area (Å²) in [7, 11) is 0. The lowest BCUT2D eigenvalue weighted by atomic mass is 10.1. The van der Waals surface area contributed by atoms with E-state index < -0.39 is 0 Å². The molecule has 0 saturated carbocycles. The van der Waals surface area contributed by atoms with Gasteiger partial charge in [0.05, 0.1) is 0 Å². The van der Waals surface area contributed by atoms with E-state index in [-0.39, 0.29) is 11.9 Å². The van der Waals surface area contributed by atoms with Crippen LogP contribution in [0.2, 0.25) is 5.02 Å². The number of hydrogen-bond donors (Lipinski definition) is 1. The zero-order chi connectivity index (χ0) is 12.1. The first-order valence-electron chi connectivity index (χ1n) is 5.33. The van der Waals surface area contributed by atoms with Gasteiger partial charge in [-0.1, -0.05) is 11.6 Å². The van der Waals surface area contributed by atoms with Crippen molar-refractivity contribution in [2.24, 2.45) is 5.73 Å². The van der Waals surface area contributed by atoms with Gasteiger partial charge in [0.15, 0.2) is 0 Å². The molecule has 2 N–H and O–H groups in total. The molecular weight excluding hydrogens is 224 g/mol. The van der Waals surface area contributed by atoms with E-state index >= 15 is 0 Å². The van der Waals surface area contributed by atoms with Gasteiger partial charge in [-0.25, -0.2) is 0 Å². The molecule has 0 heterocycles. The maximum atomic E-state index is 12.1. The summed E-state index contributed by atoms with van der Waals surface area (Å²) >= 11 is 5.77. The zero-order valence-electron chi connectivity index (χ0n) is 9.61. The fourth-order valence-electron chi connectivity index (χ4n) is 1.49. The molecule has 0 bridgehead atoms. The van der Waals surface area contributed by atoms with E-state index in [9.17, 15) is 4.79 Å². The first-order chi connectivity index (χ1) is 7.56. The molecular formula is C12H17ClN2O. The van der Waals surface area contributed by atoms with E-state index in [0.29, 0.717) is 23.7 Å². The Hall–Kier alpha value is -1.06. The van der Waals surface area contributed by atoms with Gasteiger partial charge in [0.1, 0.15) is 0 Å². The molecule has 0 spiro atoms. The van der Waals surface area contributed by atoms with E-state index in [1.807, 2.05) is 13.8 Å². The number of rotatable bonds is 4. The van der Waals surface area contributed by atoms with Crippen molar-refractivity contribution in [1.29, 1.82) is 0 Å². The number of amides is 1. The smallest absolute Gasteiger partial charge is 0.254 e. The summed E-state index contributed by atoms with van der Waals surface area (Å²) in [6.07, 6.45) is 0. The molecule has 16 heavy (non-hydrogen) atoms. The van der Waals surface area contributed by atoms with E-state index in [2.05, 4.69) is 0 Å². The summed E-state index contributed by atoms with van der Waals surface area (Å²) in [6.45, 7) is 4.99. The number of halogens is 1. The molecule has 0 aromatic heterocycles.